The zero-order chi connectivity index (χ0) is 15.5. The number of nitrogens with one attached hydrogen (secondary N) is 1. The van der Waals surface area contributed by atoms with Gasteiger partial charge in [-0.25, -0.2) is 8.42 Å². The van der Waals surface area contributed by atoms with E-state index in [0.29, 0.717) is 6.42 Å². The highest BCUT2D eigenvalue weighted by Crippen LogP contribution is 2.15. The Hall–Kier alpha value is -2.08. The lowest BCUT2D eigenvalue weighted by atomic mass is 10.1. The van der Waals surface area contributed by atoms with Gasteiger partial charge in [-0.3, -0.25) is 4.79 Å². The molecule has 0 aliphatic rings. The number of carbonyl (C=O) groups is 1. The highest BCUT2D eigenvalue weighted by molar-refractivity contribution is 7.90. The number of carbonyl (C=O) groups excluding carboxylic acids is 1. The average molecular weight is 307 g/mol. The summed E-state index contributed by atoms with van der Waals surface area (Å²) in [5.41, 5.74) is 0.159. The Morgan fingerprint density at radius 2 is 1.95 bits per heavy atom. The third kappa shape index (κ3) is 3.95. The van der Waals surface area contributed by atoms with Gasteiger partial charge in [0.2, 0.25) is 0 Å². The minimum atomic E-state index is -3.44. The van der Waals surface area contributed by atoms with E-state index in [-0.39, 0.29) is 16.5 Å². The van der Waals surface area contributed by atoms with Crippen LogP contribution in [0.15, 0.2) is 52.0 Å². The third-order valence-electron chi connectivity index (χ3n) is 3.00. The van der Waals surface area contributed by atoms with Gasteiger partial charge in [0.1, 0.15) is 5.76 Å². The van der Waals surface area contributed by atoms with E-state index in [1.165, 1.54) is 12.1 Å². The number of furan rings is 1. The smallest absolute Gasteiger partial charge is 0.252 e. The standard InChI is InChI=1S/C15H17NO4S/c1-11(10-12-6-5-9-20-12)16-15(17)13-7-3-4-8-14(13)21(2,18)19/h3-9,11H,10H2,1-2H3,(H,16,17)/t11-/m0/s1. The summed E-state index contributed by atoms with van der Waals surface area (Å²) in [6.45, 7) is 1.84. The highest BCUT2D eigenvalue weighted by Gasteiger charge is 2.19. The van der Waals surface area contributed by atoms with Crippen LogP contribution < -0.4 is 5.32 Å². The molecule has 0 radical (unpaired) electrons. The van der Waals surface area contributed by atoms with Gasteiger partial charge in [0, 0.05) is 18.7 Å². The van der Waals surface area contributed by atoms with Gasteiger partial charge in [-0.1, -0.05) is 12.1 Å². The normalized spacial score (nSPS) is 12.9. The van der Waals surface area contributed by atoms with Crippen molar-refractivity contribution in [1.29, 1.82) is 0 Å². The number of sulfone groups is 1. The van der Waals surface area contributed by atoms with E-state index in [1.54, 1.807) is 24.5 Å². The Kier molecular flexibility index (Phi) is 4.47. The fourth-order valence-electron chi connectivity index (χ4n) is 2.06. The van der Waals surface area contributed by atoms with Crippen molar-refractivity contribution in [2.45, 2.75) is 24.3 Å². The van der Waals surface area contributed by atoms with Crippen molar-refractivity contribution < 1.29 is 17.6 Å². The lowest BCUT2D eigenvalue weighted by Gasteiger charge is -2.14. The summed E-state index contributed by atoms with van der Waals surface area (Å²) < 4.78 is 28.6. The fourth-order valence-corrected chi connectivity index (χ4v) is 2.95. The Morgan fingerprint density at radius 1 is 1.24 bits per heavy atom. The second-order valence-corrected chi connectivity index (χ2v) is 6.91. The molecule has 1 aromatic carbocycles. The first kappa shape index (κ1) is 15.3. The van der Waals surface area contributed by atoms with Gasteiger partial charge in [0.25, 0.3) is 5.91 Å². The van der Waals surface area contributed by atoms with Crippen molar-refractivity contribution in [3.05, 3.63) is 54.0 Å². The van der Waals surface area contributed by atoms with Gasteiger partial charge in [-0.05, 0) is 31.2 Å². The largest absolute Gasteiger partial charge is 0.469 e. The summed E-state index contributed by atoms with van der Waals surface area (Å²) in [5.74, 6) is 0.356. The van der Waals surface area contributed by atoms with Gasteiger partial charge in [-0.15, -0.1) is 0 Å². The van der Waals surface area contributed by atoms with Crippen LogP contribution in [0.1, 0.15) is 23.0 Å². The molecule has 2 aromatic rings. The van der Waals surface area contributed by atoms with Crippen LogP contribution >= 0.6 is 0 Å². The van der Waals surface area contributed by atoms with E-state index in [9.17, 15) is 13.2 Å². The van der Waals surface area contributed by atoms with Crippen LogP contribution in [0.2, 0.25) is 0 Å². The molecular formula is C15H17NO4S. The average Bonchev–Trinajstić information content (AvgIpc) is 2.90. The zero-order valence-electron chi connectivity index (χ0n) is 11.9. The van der Waals surface area contributed by atoms with Gasteiger partial charge in [0.05, 0.1) is 16.7 Å². The van der Waals surface area contributed by atoms with E-state index < -0.39 is 15.7 Å². The van der Waals surface area contributed by atoms with E-state index in [0.717, 1.165) is 12.0 Å². The summed E-state index contributed by atoms with van der Waals surface area (Å²) in [4.78, 5) is 12.3. The third-order valence-corrected chi connectivity index (χ3v) is 4.15. The maximum Gasteiger partial charge on any atom is 0.252 e. The first-order chi connectivity index (χ1) is 9.88. The van der Waals surface area contributed by atoms with Gasteiger partial charge in [-0.2, -0.15) is 0 Å². The van der Waals surface area contributed by atoms with Gasteiger partial charge < -0.3 is 9.73 Å². The minimum absolute atomic E-state index is 0.0349. The summed E-state index contributed by atoms with van der Waals surface area (Å²) in [6, 6.07) is 9.61. The molecule has 6 heteroatoms. The molecule has 1 amide bonds. The lowest BCUT2D eigenvalue weighted by Crippen LogP contribution is -2.34. The van der Waals surface area contributed by atoms with Gasteiger partial charge in [0.15, 0.2) is 9.84 Å². The summed E-state index contributed by atoms with van der Waals surface area (Å²) in [6.07, 6.45) is 3.20. The van der Waals surface area contributed by atoms with E-state index in [2.05, 4.69) is 5.32 Å². The van der Waals surface area contributed by atoms with Crippen LogP contribution in [-0.2, 0) is 16.3 Å². The van der Waals surface area contributed by atoms with Crippen LogP contribution in [0.4, 0.5) is 0 Å². The molecule has 0 unspecified atom stereocenters. The van der Waals surface area contributed by atoms with Crippen molar-refractivity contribution in [2.75, 3.05) is 6.26 Å². The van der Waals surface area contributed by atoms with Crippen molar-refractivity contribution in [1.82, 2.24) is 5.32 Å². The Bertz CT molecular complexity index is 720. The monoisotopic (exact) mass is 307 g/mol. The summed E-state index contributed by atoms with van der Waals surface area (Å²) in [5, 5.41) is 2.78. The second-order valence-electron chi connectivity index (χ2n) is 4.93. The van der Waals surface area contributed by atoms with Crippen molar-refractivity contribution >= 4 is 15.7 Å². The Labute approximate surface area is 123 Å². The molecule has 1 atom stereocenters. The molecule has 5 nitrogen and oxygen atoms in total. The molecule has 2 rings (SSSR count). The molecule has 0 aliphatic heterocycles. The molecule has 1 N–H and O–H groups in total. The quantitative estimate of drug-likeness (QED) is 0.917. The first-order valence-corrected chi connectivity index (χ1v) is 8.39. The van der Waals surface area contributed by atoms with Crippen molar-refractivity contribution in [2.24, 2.45) is 0 Å². The fraction of sp³-hybridized carbons (Fsp3) is 0.267. The number of amides is 1. The van der Waals surface area contributed by atoms with Gasteiger partial charge >= 0.3 is 0 Å². The molecule has 1 heterocycles. The van der Waals surface area contributed by atoms with Crippen LogP contribution in [0.3, 0.4) is 0 Å². The molecule has 0 spiro atoms. The lowest BCUT2D eigenvalue weighted by molar-refractivity contribution is 0.0936. The maximum atomic E-state index is 12.2. The number of benzene rings is 1. The van der Waals surface area contributed by atoms with Crippen LogP contribution in [0.25, 0.3) is 0 Å². The topological polar surface area (TPSA) is 76.4 Å². The van der Waals surface area contributed by atoms with Crippen molar-refractivity contribution in [3.63, 3.8) is 0 Å². The maximum absolute atomic E-state index is 12.2. The zero-order valence-corrected chi connectivity index (χ0v) is 12.7. The van der Waals surface area contributed by atoms with E-state index >= 15 is 0 Å². The second kappa shape index (κ2) is 6.13. The van der Waals surface area contributed by atoms with Crippen LogP contribution in [-0.4, -0.2) is 26.6 Å². The molecule has 21 heavy (non-hydrogen) atoms. The number of rotatable bonds is 5. The van der Waals surface area contributed by atoms with E-state index in [4.69, 9.17) is 4.42 Å². The van der Waals surface area contributed by atoms with Crippen molar-refractivity contribution in [3.8, 4) is 0 Å². The molecule has 0 bridgehead atoms. The molecule has 0 fully saturated rings. The summed E-state index contributed by atoms with van der Waals surface area (Å²) >= 11 is 0. The predicted molar refractivity (Wildman–Crippen MR) is 78.9 cm³/mol. The number of hydrogen-bond donors (Lipinski definition) is 1. The molecule has 0 aliphatic carbocycles. The Morgan fingerprint density at radius 3 is 2.57 bits per heavy atom. The minimum Gasteiger partial charge on any atom is -0.469 e. The predicted octanol–water partition coefficient (Wildman–Crippen LogP) is 2.04. The highest BCUT2D eigenvalue weighted by atomic mass is 32.2. The van der Waals surface area contributed by atoms with Crippen LogP contribution in [0, 0.1) is 0 Å². The molecule has 112 valence electrons. The first-order valence-electron chi connectivity index (χ1n) is 6.50. The summed E-state index contributed by atoms with van der Waals surface area (Å²) in [7, 11) is -3.44. The Balaban J connectivity index is 2.14. The van der Waals surface area contributed by atoms with Crippen LogP contribution in [0.5, 0.6) is 0 Å². The molecule has 1 aromatic heterocycles. The number of hydrogen-bond acceptors (Lipinski definition) is 4. The molecular weight excluding hydrogens is 290 g/mol. The SMILES string of the molecule is C[C@@H](Cc1ccco1)NC(=O)c1ccccc1S(C)(=O)=O. The molecule has 0 saturated heterocycles. The molecule has 0 saturated carbocycles. The van der Waals surface area contributed by atoms with E-state index in [1.807, 2.05) is 13.0 Å².